The minimum absolute atomic E-state index is 0.0490. The van der Waals surface area contributed by atoms with Crippen LogP contribution in [0.25, 0.3) is 0 Å². The molecule has 0 aliphatic heterocycles. The summed E-state index contributed by atoms with van der Waals surface area (Å²) in [5.41, 5.74) is 2.19. The van der Waals surface area contributed by atoms with Gasteiger partial charge in [0.1, 0.15) is 11.9 Å². The van der Waals surface area contributed by atoms with E-state index < -0.39 is 0 Å². The summed E-state index contributed by atoms with van der Waals surface area (Å²) < 4.78 is 17.6. The van der Waals surface area contributed by atoms with E-state index in [2.05, 4.69) is 19.1 Å². The summed E-state index contributed by atoms with van der Waals surface area (Å²) in [7, 11) is 1.66. The monoisotopic (exact) mass is 442 g/mol. The molecule has 2 aromatic rings. The molecule has 32 heavy (non-hydrogen) atoms. The smallest absolute Gasteiger partial charge is 0.118 e. The zero-order chi connectivity index (χ0) is 22.9. The second-order valence-electron chi connectivity index (χ2n) is 8.48. The van der Waals surface area contributed by atoms with Crippen LogP contribution in [0.3, 0.4) is 0 Å². The lowest BCUT2D eigenvalue weighted by molar-refractivity contribution is -0.107. The summed E-state index contributed by atoms with van der Waals surface area (Å²) in [5, 5.41) is 10.1. The largest absolute Gasteiger partial charge is 0.497 e. The van der Waals surface area contributed by atoms with Gasteiger partial charge in [-0.1, -0.05) is 101 Å². The van der Waals surface area contributed by atoms with E-state index in [-0.39, 0.29) is 18.8 Å². The molecule has 0 amide bonds. The zero-order valence-corrected chi connectivity index (χ0v) is 20.0. The first-order valence-corrected chi connectivity index (χ1v) is 12.3. The molecular weight excluding hydrogens is 400 g/mol. The van der Waals surface area contributed by atoms with Crippen molar-refractivity contribution in [3.05, 3.63) is 65.7 Å². The van der Waals surface area contributed by atoms with Crippen molar-refractivity contribution in [3.8, 4) is 5.75 Å². The van der Waals surface area contributed by atoms with E-state index in [1.165, 1.54) is 44.9 Å². The van der Waals surface area contributed by atoms with Crippen LogP contribution in [0.15, 0.2) is 54.6 Å². The van der Waals surface area contributed by atoms with Gasteiger partial charge in [-0.2, -0.15) is 0 Å². The second kappa shape index (κ2) is 16.7. The van der Waals surface area contributed by atoms with Crippen LogP contribution in [0.5, 0.6) is 5.75 Å². The molecule has 2 aromatic carbocycles. The van der Waals surface area contributed by atoms with Gasteiger partial charge in [0, 0.05) is 0 Å². The Bertz CT molecular complexity index is 686. The van der Waals surface area contributed by atoms with Crippen molar-refractivity contribution in [3.63, 3.8) is 0 Å². The van der Waals surface area contributed by atoms with Gasteiger partial charge in [0.15, 0.2) is 0 Å². The van der Waals surface area contributed by atoms with Crippen LogP contribution in [0.2, 0.25) is 0 Å². The average Bonchev–Trinajstić information content (AvgIpc) is 2.84. The van der Waals surface area contributed by atoms with Gasteiger partial charge in [0.05, 0.1) is 33.0 Å². The van der Waals surface area contributed by atoms with Crippen LogP contribution in [0.4, 0.5) is 0 Å². The summed E-state index contributed by atoms with van der Waals surface area (Å²) in [5.74, 6) is 0.825. The number of methoxy groups -OCH3 is 1. The molecule has 0 aromatic heterocycles. The number of rotatable bonds is 18. The van der Waals surface area contributed by atoms with Crippen molar-refractivity contribution in [1.82, 2.24) is 0 Å². The Morgan fingerprint density at radius 1 is 0.688 bits per heavy atom. The molecule has 0 bridgehead atoms. The topological polar surface area (TPSA) is 47.9 Å². The van der Waals surface area contributed by atoms with Crippen LogP contribution in [0, 0.1) is 0 Å². The summed E-state index contributed by atoms with van der Waals surface area (Å²) in [6.07, 6.45) is 10.6. The molecule has 1 N–H and O–H groups in total. The number of unbranched alkanes of at least 4 members (excludes halogenated alkanes) is 7. The van der Waals surface area contributed by atoms with Gasteiger partial charge in [-0.05, 0) is 29.7 Å². The van der Waals surface area contributed by atoms with Gasteiger partial charge < -0.3 is 19.3 Å². The van der Waals surface area contributed by atoms with Crippen molar-refractivity contribution in [2.24, 2.45) is 0 Å². The molecule has 178 valence electrons. The fourth-order valence-corrected chi connectivity index (χ4v) is 3.84. The van der Waals surface area contributed by atoms with E-state index in [9.17, 15) is 5.11 Å². The molecule has 0 aliphatic carbocycles. The lowest BCUT2D eigenvalue weighted by Crippen LogP contribution is -2.34. The Balaban J connectivity index is 1.84. The molecule has 2 atom stereocenters. The Labute approximate surface area is 194 Å². The first kappa shape index (κ1) is 26.4. The number of hydrogen-bond donors (Lipinski definition) is 1. The highest BCUT2D eigenvalue weighted by atomic mass is 16.5. The fourth-order valence-electron chi connectivity index (χ4n) is 3.84. The highest BCUT2D eigenvalue weighted by Gasteiger charge is 2.22. The highest BCUT2D eigenvalue weighted by molar-refractivity contribution is 5.26. The van der Waals surface area contributed by atoms with E-state index in [1.807, 2.05) is 42.5 Å². The minimum Gasteiger partial charge on any atom is -0.497 e. The predicted octanol–water partition coefficient (Wildman–Crippen LogP) is 6.69. The number of benzene rings is 2. The highest BCUT2D eigenvalue weighted by Crippen LogP contribution is 2.19. The molecule has 0 saturated heterocycles. The molecule has 0 heterocycles. The molecule has 0 aliphatic rings. The molecule has 0 radical (unpaired) electrons. The van der Waals surface area contributed by atoms with E-state index >= 15 is 0 Å². The lowest BCUT2D eigenvalue weighted by Gasteiger charge is -2.26. The van der Waals surface area contributed by atoms with Crippen molar-refractivity contribution >= 4 is 0 Å². The fraction of sp³-hybridized carbons (Fsp3) is 0.571. The maximum atomic E-state index is 10.1. The Kier molecular flexibility index (Phi) is 13.8. The van der Waals surface area contributed by atoms with Gasteiger partial charge in [0.25, 0.3) is 0 Å². The third-order valence-corrected chi connectivity index (χ3v) is 5.87. The molecule has 4 nitrogen and oxygen atoms in total. The SMILES string of the molecule is CCCCCCCCCC[C@@H](OCc1ccccc1)[C@@H](CO)OCc1ccc(OC)cc1. The van der Waals surface area contributed by atoms with Gasteiger partial charge in [-0.15, -0.1) is 0 Å². The summed E-state index contributed by atoms with van der Waals surface area (Å²) >= 11 is 0. The quantitative estimate of drug-likeness (QED) is 0.261. The van der Waals surface area contributed by atoms with Crippen LogP contribution < -0.4 is 4.74 Å². The molecular formula is C28H42O4. The van der Waals surface area contributed by atoms with Crippen molar-refractivity contribution < 1.29 is 19.3 Å². The Morgan fingerprint density at radius 2 is 1.25 bits per heavy atom. The van der Waals surface area contributed by atoms with Gasteiger partial charge in [-0.25, -0.2) is 0 Å². The third-order valence-electron chi connectivity index (χ3n) is 5.87. The number of ether oxygens (including phenoxy) is 3. The Morgan fingerprint density at radius 3 is 1.84 bits per heavy atom. The normalized spacial score (nSPS) is 13.1. The molecule has 4 heteroatoms. The van der Waals surface area contributed by atoms with Crippen molar-refractivity contribution in [1.29, 1.82) is 0 Å². The van der Waals surface area contributed by atoms with Crippen LogP contribution >= 0.6 is 0 Å². The van der Waals surface area contributed by atoms with Crippen molar-refractivity contribution in [2.45, 2.75) is 90.1 Å². The minimum atomic E-state index is -0.342. The van der Waals surface area contributed by atoms with E-state index in [4.69, 9.17) is 14.2 Å². The van der Waals surface area contributed by atoms with Gasteiger partial charge >= 0.3 is 0 Å². The standard InChI is InChI=1S/C28H42O4/c1-3-4-5-6-7-8-9-13-16-27(31-22-24-14-11-10-12-15-24)28(21-29)32-23-25-17-19-26(30-2)20-18-25/h10-12,14-15,17-20,27-29H,3-9,13,16,21-23H2,1-2H3/t27-,28-/m1/s1. The number of aliphatic hydroxyl groups excluding tert-OH is 1. The van der Waals surface area contributed by atoms with Gasteiger partial charge in [-0.3, -0.25) is 0 Å². The predicted molar refractivity (Wildman–Crippen MR) is 131 cm³/mol. The molecule has 2 rings (SSSR count). The van der Waals surface area contributed by atoms with E-state index in [1.54, 1.807) is 7.11 Å². The molecule has 0 fully saturated rings. The van der Waals surface area contributed by atoms with E-state index in [0.717, 1.165) is 29.7 Å². The summed E-state index contributed by atoms with van der Waals surface area (Å²) in [6.45, 7) is 3.18. The number of aliphatic hydroxyl groups is 1. The molecule has 0 unspecified atom stereocenters. The summed E-state index contributed by atoms with van der Waals surface area (Å²) in [4.78, 5) is 0. The van der Waals surface area contributed by atoms with Crippen LogP contribution in [0.1, 0.15) is 75.8 Å². The molecule has 0 spiro atoms. The first-order chi connectivity index (χ1) is 15.8. The summed E-state index contributed by atoms with van der Waals surface area (Å²) in [6, 6.07) is 18.0. The van der Waals surface area contributed by atoms with Crippen LogP contribution in [-0.2, 0) is 22.7 Å². The maximum absolute atomic E-state index is 10.1. The van der Waals surface area contributed by atoms with Crippen molar-refractivity contribution in [2.75, 3.05) is 13.7 Å². The van der Waals surface area contributed by atoms with Gasteiger partial charge in [0.2, 0.25) is 0 Å². The maximum Gasteiger partial charge on any atom is 0.118 e. The first-order valence-electron chi connectivity index (χ1n) is 12.3. The zero-order valence-electron chi connectivity index (χ0n) is 20.0. The van der Waals surface area contributed by atoms with E-state index in [0.29, 0.717) is 13.2 Å². The Hall–Kier alpha value is -1.88. The van der Waals surface area contributed by atoms with Crippen LogP contribution in [-0.4, -0.2) is 31.0 Å². The molecule has 0 saturated carbocycles. The lowest BCUT2D eigenvalue weighted by atomic mass is 10.0. The average molecular weight is 443 g/mol. The third kappa shape index (κ3) is 10.6. The number of hydrogen-bond acceptors (Lipinski definition) is 4. The second-order valence-corrected chi connectivity index (χ2v) is 8.48.